The van der Waals surface area contributed by atoms with Crippen LogP contribution in [0.4, 0.5) is 0 Å². The topological polar surface area (TPSA) is 41.1 Å². The Kier molecular flexibility index (Phi) is 1.88. The number of hydrogen-bond acceptors (Lipinski definition) is 2. The molecule has 3 nitrogen and oxygen atoms in total. The summed E-state index contributed by atoms with van der Waals surface area (Å²) in [6.07, 6.45) is 2.00. The molecule has 1 unspecified atom stereocenters. The molecule has 10 heavy (non-hydrogen) atoms. The van der Waals surface area contributed by atoms with Crippen LogP contribution < -0.4 is 10.6 Å². The summed E-state index contributed by atoms with van der Waals surface area (Å²) in [6.45, 7) is 1.86. The molecular weight excluding hydrogens is 152 g/mol. The Morgan fingerprint density at radius 3 is 2.10 bits per heavy atom. The van der Waals surface area contributed by atoms with Crippen LogP contribution in [-0.2, 0) is 4.79 Å². The van der Waals surface area contributed by atoms with E-state index >= 15 is 0 Å². The summed E-state index contributed by atoms with van der Waals surface area (Å²) < 4.78 is 0. The summed E-state index contributed by atoms with van der Waals surface area (Å²) in [5, 5.41) is 5.97. The highest BCUT2D eigenvalue weighted by molar-refractivity contribution is 5.89. The zero-order valence-electron chi connectivity index (χ0n) is 5.64. The van der Waals surface area contributed by atoms with E-state index in [9.17, 15) is 4.79 Å². The Balaban J connectivity index is 0.000000500. The van der Waals surface area contributed by atoms with Crippen molar-refractivity contribution in [2.45, 2.75) is 18.4 Å². The maximum absolute atomic E-state index is 11.0. The lowest BCUT2D eigenvalue weighted by atomic mass is 9.87. The van der Waals surface area contributed by atoms with Crippen LogP contribution in [-0.4, -0.2) is 24.5 Å². The van der Waals surface area contributed by atoms with Crippen LogP contribution in [0, 0.1) is 0 Å². The van der Waals surface area contributed by atoms with Gasteiger partial charge in [-0.25, -0.2) is 0 Å². The molecule has 0 aromatic heterocycles. The lowest BCUT2D eigenvalue weighted by Gasteiger charge is -2.36. The Hall–Kier alpha value is -0.280. The number of hydrogen-bond donors (Lipinski definition) is 2. The van der Waals surface area contributed by atoms with Crippen molar-refractivity contribution in [2.24, 2.45) is 0 Å². The first-order valence-electron chi connectivity index (χ1n) is 3.37. The summed E-state index contributed by atoms with van der Waals surface area (Å²) in [7, 11) is 0. The lowest BCUT2D eigenvalue weighted by molar-refractivity contribution is -0.127. The lowest BCUT2D eigenvalue weighted by Crippen LogP contribution is -2.61. The Morgan fingerprint density at radius 2 is 1.90 bits per heavy atom. The zero-order valence-corrected chi connectivity index (χ0v) is 6.46. The molecule has 0 radical (unpaired) electrons. The first-order chi connectivity index (χ1) is 4.33. The molecule has 0 saturated carbocycles. The van der Waals surface area contributed by atoms with Crippen molar-refractivity contribution >= 4 is 18.3 Å². The summed E-state index contributed by atoms with van der Waals surface area (Å²) >= 11 is 0. The van der Waals surface area contributed by atoms with Crippen molar-refractivity contribution in [3.05, 3.63) is 0 Å². The quantitative estimate of drug-likeness (QED) is 0.512. The SMILES string of the molecule is Cl.O=C1NCCC12CCN2. The predicted octanol–water partition coefficient (Wildman–Crippen LogP) is -0.340. The third kappa shape index (κ3) is 0.812. The first-order valence-corrected chi connectivity index (χ1v) is 3.37. The number of carbonyl (C=O) groups excluding carboxylic acids is 1. The molecule has 1 spiro atoms. The highest BCUT2D eigenvalue weighted by Crippen LogP contribution is 2.26. The number of halogens is 1. The van der Waals surface area contributed by atoms with E-state index in [1.165, 1.54) is 0 Å². The first kappa shape index (κ1) is 7.82. The van der Waals surface area contributed by atoms with E-state index < -0.39 is 0 Å². The molecule has 4 heteroatoms. The summed E-state index contributed by atoms with van der Waals surface area (Å²) in [5.41, 5.74) is -0.125. The number of amides is 1. The maximum atomic E-state index is 11.0. The van der Waals surface area contributed by atoms with Crippen molar-refractivity contribution in [2.75, 3.05) is 13.1 Å². The number of rotatable bonds is 0. The van der Waals surface area contributed by atoms with Crippen LogP contribution in [0.15, 0.2) is 0 Å². The molecule has 58 valence electrons. The van der Waals surface area contributed by atoms with Crippen LogP contribution >= 0.6 is 12.4 Å². The fourth-order valence-corrected chi connectivity index (χ4v) is 1.51. The van der Waals surface area contributed by atoms with Crippen LogP contribution in [0.3, 0.4) is 0 Å². The average Bonchev–Trinajstić information content (AvgIpc) is 2.07. The van der Waals surface area contributed by atoms with Gasteiger partial charge in [-0.05, 0) is 19.4 Å². The van der Waals surface area contributed by atoms with Gasteiger partial charge in [0.25, 0.3) is 0 Å². The van der Waals surface area contributed by atoms with Crippen LogP contribution in [0.1, 0.15) is 12.8 Å². The molecule has 2 fully saturated rings. The van der Waals surface area contributed by atoms with Gasteiger partial charge in [-0.1, -0.05) is 0 Å². The van der Waals surface area contributed by atoms with E-state index in [2.05, 4.69) is 10.6 Å². The molecule has 0 aliphatic carbocycles. The van der Waals surface area contributed by atoms with Gasteiger partial charge in [0.1, 0.15) is 5.54 Å². The fourth-order valence-electron chi connectivity index (χ4n) is 1.51. The summed E-state index contributed by atoms with van der Waals surface area (Å²) in [6, 6.07) is 0. The zero-order chi connectivity index (χ0) is 6.32. The second-order valence-electron chi connectivity index (χ2n) is 2.76. The van der Waals surface area contributed by atoms with Gasteiger partial charge in [0, 0.05) is 6.54 Å². The second kappa shape index (κ2) is 2.40. The van der Waals surface area contributed by atoms with Crippen molar-refractivity contribution in [3.8, 4) is 0 Å². The van der Waals surface area contributed by atoms with E-state index in [4.69, 9.17) is 0 Å². The largest absolute Gasteiger partial charge is 0.354 e. The van der Waals surface area contributed by atoms with Gasteiger partial charge in [-0.3, -0.25) is 4.79 Å². The predicted molar refractivity (Wildman–Crippen MR) is 40.2 cm³/mol. The molecule has 0 aromatic rings. The minimum Gasteiger partial charge on any atom is -0.354 e. The molecule has 2 N–H and O–H groups in total. The van der Waals surface area contributed by atoms with E-state index in [0.717, 1.165) is 25.9 Å². The third-order valence-corrected chi connectivity index (χ3v) is 2.29. The van der Waals surface area contributed by atoms with Gasteiger partial charge in [-0.15, -0.1) is 12.4 Å². The molecule has 2 rings (SSSR count). The monoisotopic (exact) mass is 162 g/mol. The summed E-state index contributed by atoms with van der Waals surface area (Å²) in [5.74, 6) is 0.203. The molecule has 0 bridgehead atoms. The van der Waals surface area contributed by atoms with Gasteiger partial charge in [-0.2, -0.15) is 0 Å². The standard InChI is InChI=1S/C6H10N2O.ClH/c9-5-6(1-3-7-5)2-4-8-6;/h8H,1-4H2,(H,7,9);1H. The van der Waals surface area contributed by atoms with Gasteiger partial charge in [0.15, 0.2) is 0 Å². The second-order valence-corrected chi connectivity index (χ2v) is 2.76. The molecule has 2 aliphatic heterocycles. The van der Waals surface area contributed by atoms with Crippen LogP contribution in [0.2, 0.25) is 0 Å². The van der Waals surface area contributed by atoms with Gasteiger partial charge < -0.3 is 10.6 Å². The Labute approximate surface area is 66.0 Å². The smallest absolute Gasteiger partial charge is 0.240 e. The highest BCUT2D eigenvalue weighted by Gasteiger charge is 2.46. The minimum atomic E-state index is -0.125. The molecular formula is C6H11ClN2O. The molecule has 1 amide bonds. The van der Waals surface area contributed by atoms with Crippen LogP contribution in [0.25, 0.3) is 0 Å². The Bertz CT molecular complexity index is 156. The Morgan fingerprint density at radius 1 is 1.30 bits per heavy atom. The normalized spacial score (nSPS) is 36.6. The molecule has 2 saturated heterocycles. The highest BCUT2D eigenvalue weighted by atomic mass is 35.5. The van der Waals surface area contributed by atoms with Crippen molar-refractivity contribution < 1.29 is 4.79 Å². The molecule has 0 aromatic carbocycles. The van der Waals surface area contributed by atoms with E-state index in [1.807, 2.05) is 0 Å². The van der Waals surface area contributed by atoms with Crippen molar-refractivity contribution in [3.63, 3.8) is 0 Å². The van der Waals surface area contributed by atoms with E-state index in [0.29, 0.717) is 0 Å². The number of nitrogens with one attached hydrogen (secondary N) is 2. The maximum Gasteiger partial charge on any atom is 0.240 e. The third-order valence-electron chi connectivity index (χ3n) is 2.29. The van der Waals surface area contributed by atoms with Crippen molar-refractivity contribution in [1.82, 2.24) is 10.6 Å². The van der Waals surface area contributed by atoms with Gasteiger partial charge >= 0.3 is 0 Å². The minimum absolute atomic E-state index is 0. The van der Waals surface area contributed by atoms with Gasteiger partial charge in [0.2, 0.25) is 5.91 Å². The molecule has 1 atom stereocenters. The van der Waals surface area contributed by atoms with Crippen LogP contribution in [0.5, 0.6) is 0 Å². The van der Waals surface area contributed by atoms with E-state index in [1.54, 1.807) is 0 Å². The van der Waals surface area contributed by atoms with Gasteiger partial charge in [0.05, 0.1) is 0 Å². The number of carbonyl (C=O) groups is 1. The summed E-state index contributed by atoms with van der Waals surface area (Å²) in [4.78, 5) is 11.0. The molecule has 2 heterocycles. The van der Waals surface area contributed by atoms with E-state index in [-0.39, 0.29) is 23.9 Å². The average molecular weight is 163 g/mol. The fraction of sp³-hybridized carbons (Fsp3) is 0.833. The molecule has 2 aliphatic rings. The van der Waals surface area contributed by atoms with Crippen molar-refractivity contribution in [1.29, 1.82) is 0 Å².